The van der Waals surface area contributed by atoms with Crippen LogP contribution in [0.5, 0.6) is 0 Å². The van der Waals surface area contributed by atoms with Gasteiger partial charge in [0.15, 0.2) is 0 Å². The van der Waals surface area contributed by atoms with Crippen molar-refractivity contribution in [2.24, 2.45) is 0 Å². The van der Waals surface area contributed by atoms with Crippen molar-refractivity contribution in [1.29, 1.82) is 0 Å². The number of unbranched alkanes of at least 4 members (excludes halogenated alkanes) is 1. The Bertz CT molecular complexity index is 71.3. The summed E-state index contributed by atoms with van der Waals surface area (Å²) in [4.78, 5) is 0. The van der Waals surface area contributed by atoms with Crippen LogP contribution >= 0.6 is 0 Å². The Morgan fingerprint density at radius 3 is 2.67 bits per heavy atom. The maximum absolute atomic E-state index is 8.45. The Morgan fingerprint density at radius 2 is 2.22 bits per heavy atom. The molecule has 0 bridgehead atoms. The van der Waals surface area contributed by atoms with Gasteiger partial charge in [-0.05, 0) is 32.2 Å². The second-order valence-electron chi connectivity index (χ2n) is 2.66. The van der Waals surface area contributed by atoms with Crippen molar-refractivity contribution in [2.75, 3.05) is 13.2 Å². The fraction of sp³-hybridized carbons (Fsp3) is 1.00. The first-order chi connectivity index (χ1) is 4.43. The molecule has 2 N–H and O–H groups in total. The summed E-state index contributed by atoms with van der Waals surface area (Å²) in [5.41, 5.74) is 0. The largest absolute Gasteiger partial charge is 0.396 e. The average molecular weight is 129 g/mol. The van der Waals surface area contributed by atoms with E-state index in [0.29, 0.717) is 6.61 Å². The molecule has 2 heteroatoms. The molecule has 1 aliphatic rings. The van der Waals surface area contributed by atoms with Gasteiger partial charge in [0.05, 0.1) is 0 Å². The van der Waals surface area contributed by atoms with Gasteiger partial charge in [-0.3, -0.25) is 0 Å². The molecule has 0 aromatic carbocycles. The van der Waals surface area contributed by atoms with E-state index in [1.165, 1.54) is 25.8 Å². The van der Waals surface area contributed by atoms with Gasteiger partial charge in [0.2, 0.25) is 0 Å². The van der Waals surface area contributed by atoms with Crippen molar-refractivity contribution in [3.05, 3.63) is 0 Å². The van der Waals surface area contributed by atoms with Crippen molar-refractivity contribution in [3.8, 4) is 0 Å². The van der Waals surface area contributed by atoms with Gasteiger partial charge in [0, 0.05) is 12.6 Å². The number of aliphatic hydroxyl groups is 1. The second kappa shape index (κ2) is 3.85. The van der Waals surface area contributed by atoms with Crippen LogP contribution in [0, 0.1) is 0 Å². The van der Waals surface area contributed by atoms with Crippen molar-refractivity contribution in [3.63, 3.8) is 0 Å². The Hall–Kier alpha value is -0.0800. The van der Waals surface area contributed by atoms with E-state index >= 15 is 0 Å². The summed E-state index contributed by atoms with van der Waals surface area (Å²) in [6.07, 6.45) is 4.73. The van der Waals surface area contributed by atoms with E-state index in [1.54, 1.807) is 0 Å². The average Bonchev–Trinajstić information content (AvgIpc) is 1.76. The third-order valence-corrected chi connectivity index (χ3v) is 1.89. The standard InChI is InChI=1S/C7H15NO/c9-6-2-1-3-7-4-5-8-7/h7-9H,1-6H2. The highest BCUT2D eigenvalue weighted by Gasteiger charge is 2.14. The third kappa shape index (κ3) is 2.33. The van der Waals surface area contributed by atoms with E-state index in [4.69, 9.17) is 5.11 Å². The van der Waals surface area contributed by atoms with Gasteiger partial charge in [-0.15, -0.1) is 0 Å². The quantitative estimate of drug-likeness (QED) is 0.542. The second-order valence-corrected chi connectivity index (χ2v) is 2.66. The molecular formula is C7H15NO. The van der Waals surface area contributed by atoms with Gasteiger partial charge in [-0.1, -0.05) is 0 Å². The van der Waals surface area contributed by atoms with Crippen LogP contribution in [0.4, 0.5) is 0 Å². The van der Waals surface area contributed by atoms with Crippen molar-refractivity contribution >= 4 is 0 Å². The first-order valence-corrected chi connectivity index (χ1v) is 3.77. The van der Waals surface area contributed by atoms with Crippen LogP contribution in [-0.4, -0.2) is 24.3 Å². The number of hydrogen-bond acceptors (Lipinski definition) is 2. The first-order valence-electron chi connectivity index (χ1n) is 3.77. The van der Waals surface area contributed by atoms with Gasteiger partial charge in [-0.2, -0.15) is 0 Å². The molecule has 0 aromatic heterocycles. The molecule has 1 atom stereocenters. The lowest BCUT2D eigenvalue weighted by molar-refractivity contribution is 0.270. The monoisotopic (exact) mass is 129 g/mol. The zero-order chi connectivity index (χ0) is 6.53. The molecule has 0 saturated carbocycles. The van der Waals surface area contributed by atoms with Crippen LogP contribution in [0.15, 0.2) is 0 Å². The molecule has 0 aromatic rings. The van der Waals surface area contributed by atoms with Crippen molar-refractivity contribution < 1.29 is 5.11 Å². The van der Waals surface area contributed by atoms with Crippen molar-refractivity contribution in [1.82, 2.24) is 5.32 Å². The summed E-state index contributed by atoms with van der Waals surface area (Å²) >= 11 is 0. The number of hydrogen-bond donors (Lipinski definition) is 2. The molecule has 0 amide bonds. The summed E-state index contributed by atoms with van der Waals surface area (Å²) in [5.74, 6) is 0. The number of aliphatic hydroxyl groups excluding tert-OH is 1. The smallest absolute Gasteiger partial charge is 0.0431 e. The number of nitrogens with one attached hydrogen (secondary N) is 1. The highest BCUT2D eigenvalue weighted by atomic mass is 16.2. The summed E-state index contributed by atoms with van der Waals surface area (Å²) in [5, 5.41) is 11.8. The molecule has 0 radical (unpaired) electrons. The fourth-order valence-corrected chi connectivity index (χ4v) is 1.10. The van der Waals surface area contributed by atoms with Crippen LogP contribution < -0.4 is 5.32 Å². The Balaban J connectivity index is 1.80. The van der Waals surface area contributed by atoms with Crippen molar-refractivity contribution in [2.45, 2.75) is 31.7 Å². The van der Waals surface area contributed by atoms with Gasteiger partial charge in [0.1, 0.15) is 0 Å². The van der Waals surface area contributed by atoms with E-state index < -0.39 is 0 Å². The first kappa shape index (κ1) is 7.03. The minimum absolute atomic E-state index is 0.354. The molecule has 0 spiro atoms. The zero-order valence-electron chi connectivity index (χ0n) is 5.77. The SMILES string of the molecule is OCCCCC1CCN1. The predicted octanol–water partition coefficient (Wildman–Crippen LogP) is 0.511. The van der Waals surface area contributed by atoms with E-state index in [9.17, 15) is 0 Å². The van der Waals surface area contributed by atoms with Gasteiger partial charge in [0.25, 0.3) is 0 Å². The molecule has 1 unspecified atom stereocenters. The maximum Gasteiger partial charge on any atom is 0.0431 e. The lowest BCUT2D eigenvalue weighted by Gasteiger charge is -2.27. The lowest BCUT2D eigenvalue weighted by atomic mass is 10.0. The van der Waals surface area contributed by atoms with Crippen LogP contribution in [0.25, 0.3) is 0 Å². The molecule has 0 aliphatic carbocycles. The van der Waals surface area contributed by atoms with E-state index in [1.807, 2.05) is 0 Å². The highest BCUT2D eigenvalue weighted by Crippen LogP contribution is 2.09. The van der Waals surface area contributed by atoms with Gasteiger partial charge in [-0.25, -0.2) is 0 Å². The maximum atomic E-state index is 8.45. The molecule has 1 rings (SSSR count). The predicted molar refractivity (Wildman–Crippen MR) is 37.3 cm³/mol. The minimum atomic E-state index is 0.354. The molecule has 2 nitrogen and oxygen atoms in total. The Morgan fingerprint density at radius 1 is 1.44 bits per heavy atom. The van der Waals surface area contributed by atoms with E-state index in [-0.39, 0.29) is 0 Å². The summed E-state index contributed by atoms with van der Waals surface area (Å²) in [6, 6.07) is 0.775. The topological polar surface area (TPSA) is 32.3 Å². The lowest BCUT2D eigenvalue weighted by Crippen LogP contribution is -2.42. The number of rotatable bonds is 4. The zero-order valence-corrected chi connectivity index (χ0v) is 5.77. The van der Waals surface area contributed by atoms with E-state index in [2.05, 4.69) is 5.32 Å². The van der Waals surface area contributed by atoms with Gasteiger partial charge < -0.3 is 10.4 Å². The summed E-state index contributed by atoms with van der Waals surface area (Å²) < 4.78 is 0. The van der Waals surface area contributed by atoms with Gasteiger partial charge >= 0.3 is 0 Å². The summed E-state index contributed by atoms with van der Waals surface area (Å²) in [7, 11) is 0. The normalized spacial score (nSPS) is 25.7. The van der Waals surface area contributed by atoms with Crippen LogP contribution in [0.1, 0.15) is 25.7 Å². The summed E-state index contributed by atoms with van der Waals surface area (Å²) in [6.45, 7) is 1.55. The van der Waals surface area contributed by atoms with Crippen LogP contribution in [0.2, 0.25) is 0 Å². The molecule has 9 heavy (non-hydrogen) atoms. The molecule has 1 fully saturated rings. The Kier molecular flexibility index (Phi) is 3.01. The third-order valence-electron chi connectivity index (χ3n) is 1.89. The molecule has 1 aliphatic heterocycles. The molecule has 1 saturated heterocycles. The fourth-order valence-electron chi connectivity index (χ4n) is 1.10. The van der Waals surface area contributed by atoms with E-state index in [0.717, 1.165) is 12.5 Å². The Labute approximate surface area is 56.3 Å². The highest BCUT2D eigenvalue weighted by molar-refractivity contribution is 4.76. The molecule has 54 valence electrons. The van der Waals surface area contributed by atoms with Crippen LogP contribution in [-0.2, 0) is 0 Å². The molecular weight excluding hydrogens is 114 g/mol. The minimum Gasteiger partial charge on any atom is -0.396 e. The molecule has 1 heterocycles. The van der Waals surface area contributed by atoms with Crippen LogP contribution in [0.3, 0.4) is 0 Å².